The molecule has 1 aliphatic rings. The van der Waals surface area contributed by atoms with Gasteiger partial charge in [0.25, 0.3) is 5.91 Å². The lowest BCUT2D eigenvalue weighted by Gasteiger charge is -2.42. The summed E-state index contributed by atoms with van der Waals surface area (Å²) in [6.45, 7) is 6.62. The molecule has 1 aromatic heterocycles. The van der Waals surface area contributed by atoms with E-state index in [-0.39, 0.29) is 11.7 Å². The van der Waals surface area contributed by atoms with Crippen molar-refractivity contribution in [3.8, 4) is 11.4 Å². The number of halogens is 1. The number of ether oxygens (including phenoxy) is 1. The van der Waals surface area contributed by atoms with Crippen LogP contribution < -0.4 is 4.74 Å². The van der Waals surface area contributed by atoms with E-state index in [4.69, 9.17) is 4.74 Å². The number of imidazole rings is 1. The van der Waals surface area contributed by atoms with E-state index in [0.717, 1.165) is 40.9 Å². The normalized spacial score (nSPS) is 16.0. The van der Waals surface area contributed by atoms with E-state index in [1.165, 1.54) is 12.1 Å². The summed E-state index contributed by atoms with van der Waals surface area (Å²) in [5.41, 5.74) is 3.87. The number of hydrogen-bond acceptors (Lipinski definition) is 3. The monoisotopic (exact) mass is 433 g/mol. The zero-order valence-electron chi connectivity index (χ0n) is 18.9. The predicted molar refractivity (Wildman–Crippen MR) is 123 cm³/mol. The Hall–Kier alpha value is -3.41. The summed E-state index contributed by atoms with van der Waals surface area (Å²) in [6.07, 6.45) is 7.24. The molecule has 1 fully saturated rings. The number of rotatable bonds is 5. The van der Waals surface area contributed by atoms with Gasteiger partial charge >= 0.3 is 0 Å². The van der Waals surface area contributed by atoms with E-state index in [1.54, 1.807) is 25.6 Å². The van der Waals surface area contributed by atoms with E-state index < -0.39 is 5.54 Å². The first kappa shape index (κ1) is 21.8. The van der Waals surface area contributed by atoms with Gasteiger partial charge in [0.15, 0.2) is 0 Å². The molecule has 0 bridgehead atoms. The van der Waals surface area contributed by atoms with Crippen LogP contribution in [0.15, 0.2) is 60.6 Å². The Bertz CT molecular complexity index is 1160. The standard InChI is InChI=1S/C26H28FN3O2/c1-18-16-29(17-28-18)23-12-7-19(15-24(23)32-4)14-20-6-5-13-30(25(20)31)26(2,3)21-8-10-22(27)11-9-21/h7-12,14-17H,5-6,13H2,1-4H3/b20-14+. The highest BCUT2D eigenvalue weighted by Crippen LogP contribution is 2.34. The van der Waals surface area contributed by atoms with Crippen molar-refractivity contribution in [2.75, 3.05) is 13.7 Å². The SMILES string of the molecule is COc1cc(/C=C2\CCCN(C(C)(C)c3ccc(F)cc3)C2=O)ccc1-n1cnc(C)c1. The van der Waals surface area contributed by atoms with Gasteiger partial charge < -0.3 is 14.2 Å². The summed E-state index contributed by atoms with van der Waals surface area (Å²) in [7, 11) is 1.64. The molecule has 0 unspecified atom stereocenters. The molecule has 6 heteroatoms. The number of benzene rings is 2. The summed E-state index contributed by atoms with van der Waals surface area (Å²) < 4.78 is 20.9. The van der Waals surface area contributed by atoms with Gasteiger partial charge in [0.1, 0.15) is 11.6 Å². The van der Waals surface area contributed by atoms with E-state index in [0.29, 0.717) is 12.3 Å². The van der Waals surface area contributed by atoms with Gasteiger partial charge in [-0.1, -0.05) is 18.2 Å². The van der Waals surface area contributed by atoms with Crippen LogP contribution in [0.4, 0.5) is 4.39 Å². The van der Waals surface area contributed by atoms with E-state index in [1.807, 2.05) is 60.7 Å². The van der Waals surface area contributed by atoms with Crippen LogP contribution in [0.2, 0.25) is 0 Å². The highest BCUT2D eigenvalue weighted by Gasteiger charge is 2.36. The fraction of sp³-hybridized carbons (Fsp3) is 0.308. The van der Waals surface area contributed by atoms with Gasteiger partial charge in [-0.05, 0) is 75.1 Å². The highest BCUT2D eigenvalue weighted by atomic mass is 19.1. The Morgan fingerprint density at radius 3 is 2.56 bits per heavy atom. The lowest BCUT2D eigenvalue weighted by atomic mass is 9.88. The van der Waals surface area contributed by atoms with Gasteiger partial charge in [0.05, 0.1) is 30.4 Å². The van der Waals surface area contributed by atoms with Crippen LogP contribution in [0, 0.1) is 12.7 Å². The van der Waals surface area contributed by atoms with Gasteiger partial charge in [-0.15, -0.1) is 0 Å². The van der Waals surface area contributed by atoms with Crippen LogP contribution in [0.3, 0.4) is 0 Å². The molecule has 4 rings (SSSR count). The second-order valence-electron chi connectivity index (χ2n) is 8.65. The largest absolute Gasteiger partial charge is 0.495 e. The van der Waals surface area contributed by atoms with Gasteiger partial charge in [-0.2, -0.15) is 0 Å². The first-order valence-electron chi connectivity index (χ1n) is 10.8. The molecule has 3 aromatic rings. The van der Waals surface area contributed by atoms with Crippen molar-refractivity contribution in [3.05, 3.63) is 83.2 Å². The van der Waals surface area contributed by atoms with Crippen LogP contribution >= 0.6 is 0 Å². The van der Waals surface area contributed by atoms with Crippen molar-refractivity contribution in [2.45, 2.75) is 39.2 Å². The van der Waals surface area contributed by atoms with E-state index in [2.05, 4.69) is 4.98 Å². The number of aryl methyl sites for hydroxylation is 1. The second-order valence-corrected chi connectivity index (χ2v) is 8.65. The van der Waals surface area contributed by atoms with Crippen LogP contribution in [0.1, 0.15) is 43.5 Å². The molecule has 0 aliphatic carbocycles. The molecule has 0 atom stereocenters. The lowest BCUT2D eigenvalue weighted by Crippen LogP contribution is -2.48. The Morgan fingerprint density at radius 2 is 1.91 bits per heavy atom. The van der Waals surface area contributed by atoms with E-state index >= 15 is 0 Å². The number of nitrogens with zero attached hydrogens (tertiary/aromatic N) is 3. The number of hydrogen-bond donors (Lipinski definition) is 0. The van der Waals surface area contributed by atoms with Gasteiger partial charge in [0, 0.05) is 18.3 Å². The average molecular weight is 434 g/mol. The summed E-state index contributed by atoms with van der Waals surface area (Å²) in [4.78, 5) is 19.6. The quantitative estimate of drug-likeness (QED) is 0.515. The molecule has 1 saturated heterocycles. The van der Waals surface area contributed by atoms with Crippen molar-refractivity contribution < 1.29 is 13.9 Å². The van der Waals surface area contributed by atoms with Gasteiger partial charge in [-0.25, -0.2) is 9.37 Å². The van der Waals surface area contributed by atoms with Crippen molar-refractivity contribution in [3.63, 3.8) is 0 Å². The molecule has 0 radical (unpaired) electrons. The minimum absolute atomic E-state index is 0.0128. The third-order valence-electron chi connectivity index (χ3n) is 6.11. The highest BCUT2D eigenvalue weighted by molar-refractivity contribution is 5.99. The number of amides is 1. The summed E-state index contributed by atoms with van der Waals surface area (Å²) in [5.74, 6) is 0.445. The van der Waals surface area contributed by atoms with Crippen LogP contribution in [0.5, 0.6) is 5.75 Å². The molecular weight excluding hydrogens is 405 g/mol. The fourth-order valence-electron chi connectivity index (χ4n) is 4.24. The average Bonchev–Trinajstić information content (AvgIpc) is 3.21. The number of piperidine rings is 1. The molecule has 2 heterocycles. The third kappa shape index (κ3) is 4.17. The number of aromatic nitrogens is 2. The third-order valence-corrected chi connectivity index (χ3v) is 6.11. The minimum atomic E-state index is -0.537. The maximum Gasteiger partial charge on any atom is 0.250 e. The topological polar surface area (TPSA) is 47.4 Å². The summed E-state index contributed by atoms with van der Waals surface area (Å²) >= 11 is 0. The van der Waals surface area contributed by atoms with Gasteiger partial charge in [0.2, 0.25) is 0 Å². The number of carbonyl (C=O) groups is 1. The molecule has 5 nitrogen and oxygen atoms in total. The van der Waals surface area contributed by atoms with Crippen molar-refractivity contribution in [1.82, 2.24) is 14.5 Å². The number of carbonyl (C=O) groups excluding carboxylic acids is 1. The summed E-state index contributed by atoms with van der Waals surface area (Å²) in [5, 5.41) is 0. The Kier molecular flexibility index (Phi) is 5.87. The molecule has 32 heavy (non-hydrogen) atoms. The molecule has 0 saturated carbocycles. The van der Waals surface area contributed by atoms with Crippen LogP contribution in [0.25, 0.3) is 11.8 Å². The predicted octanol–water partition coefficient (Wildman–Crippen LogP) is 5.27. The first-order valence-corrected chi connectivity index (χ1v) is 10.8. The summed E-state index contributed by atoms with van der Waals surface area (Å²) in [6, 6.07) is 12.3. The van der Waals surface area contributed by atoms with Gasteiger partial charge in [-0.3, -0.25) is 4.79 Å². The lowest BCUT2D eigenvalue weighted by molar-refractivity contribution is -0.134. The Labute approximate surface area is 188 Å². The molecule has 0 spiro atoms. The Balaban J connectivity index is 1.62. The molecule has 166 valence electrons. The molecule has 0 N–H and O–H groups in total. The molecule has 1 aliphatic heterocycles. The maximum atomic E-state index is 13.4. The van der Waals surface area contributed by atoms with Crippen LogP contribution in [-0.4, -0.2) is 34.0 Å². The first-order chi connectivity index (χ1) is 15.3. The molecule has 2 aromatic carbocycles. The number of methoxy groups -OCH3 is 1. The van der Waals surface area contributed by atoms with E-state index in [9.17, 15) is 9.18 Å². The zero-order chi connectivity index (χ0) is 22.9. The molecular formula is C26H28FN3O2. The van der Waals surface area contributed by atoms with Crippen LogP contribution in [-0.2, 0) is 10.3 Å². The second kappa shape index (κ2) is 8.61. The Morgan fingerprint density at radius 1 is 1.16 bits per heavy atom. The smallest absolute Gasteiger partial charge is 0.250 e. The maximum absolute atomic E-state index is 13.4. The minimum Gasteiger partial charge on any atom is -0.495 e. The van der Waals surface area contributed by atoms with Crippen molar-refractivity contribution in [1.29, 1.82) is 0 Å². The fourth-order valence-corrected chi connectivity index (χ4v) is 4.24. The van der Waals surface area contributed by atoms with Crippen molar-refractivity contribution >= 4 is 12.0 Å². The molecule has 1 amide bonds. The zero-order valence-corrected chi connectivity index (χ0v) is 18.9. The van der Waals surface area contributed by atoms with Crippen molar-refractivity contribution in [2.24, 2.45) is 0 Å². The number of likely N-dealkylation sites (tertiary alicyclic amines) is 1.